The van der Waals surface area contributed by atoms with Gasteiger partial charge in [-0.2, -0.15) is 13.2 Å². The van der Waals surface area contributed by atoms with Crippen molar-refractivity contribution in [3.8, 4) is 5.75 Å². The van der Waals surface area contributed by atoms with Crippen LogP contribution in [0.25, 0.3) is 0 Å². The lowest BCUT2D eigenvalue weighted by molar-refractivity contribution is -0.928. The molecule has 0 saturated carbocycles. The van der Waals surface area contributed by atoms with Crippen LogP contribution < -0.4 is 5.73 Å². The molecule has 0 spiro atoms. The Kier molecular flexibility index (Phi) is 17.1. The summed E-state index contributed by atoms with van der Waals surface area (Å²) in [5.41, 5.74) is 5.77. The second-order valence-electron chi connectivity index (χ2n) is 10.7. The Hall–Kier alpha value is -2.35. The molecule has 1 heterocycles. The van der Waals surface area contributed by atoms with Gasteiger partial charge in [-0.15, -0.1) is 0 Å². The summed E-state index contributed by atoms with van der Waals surface area (Å²) in [6, 6.07) is 0.396. The third kappa shape index (κ3) is 12.4. The number of alkyl halides is 4. The number of hydrogen-bond acceptors (Lipinski definition) is 2. The van der Waals surface area contributed by atoms with Gasteiger partial charge in [0.25, 0.3) is 0 Å². The minimum absolute atomic E-state index is 0.127. The number of likely N-dealkylation sites (N-methyl/N-ethyl adjacent to an activating group) is 1. The van der Waals surface area contributed by atoms with Crippen LogP contribution in [0, 0.1) is 11.7 Å². The highest BCUT2D eigenvalue weighted by Crippen LogP contribution is 2.43. The van der Waals surface area contributed by atoms with E-state index in [0.717, 1.165) is 24.3 Å². The van der Waals surface area contributed by atoms with Gasteiger partial charge in [-0.25, -0.2) is 8.78 Å². The standard InChI is InChI=1S/C20H24F4N2O.C10H21F.C2H6/c1-13-7-5-4-6-9-26(3,10-8-14(2)25)19(13)18-16(21)11-15(12-17(18)27)20(22,23)24;1-4-9(3)7-6-8-10(11)5-2;1-2/h4-5,7-8,11-12,19H,6,9-10,25H2,1-3H3;9-10H,4-8H2,1-3H3;1-2H3/p+1/b5-4-,13-7+,14-8+;;. The molecule has 1 aliphatic rings. The molecule has 3 N–H and O–H groups in total. The Bertz CT molecular complexity index is 934. The summed E-state index contributed by atoms with van der Waals surface area (Å²) in [6.45, 7) is 14.9. The molecule has 1 aliphatic heterocycles. The third-order valence-electron chi connectivity index (χ3n) is 7.25. The van der Waals surface area contributed by atoms with Gasteiger partial charge in [0.05, 0.1) is 37.4 Å². The monoisotopic (exact) mass is 575 g/mol. The molecule has 4 atom stereocenters. The van der Waals surface area contributed by atoms with Crippen molar-refractivity contribution >= 4 is 0 Å². The van der Waals surface area contributed by atoms with Crippen LogP contribution in [0.4, 0.5) is 22.0 Å². The molecule has 0 fully saturated rings. The van der Waals surface area contributed by atoms with Gasteiger partial charge in [0, 0.05) is 12.1 Å². The van der Waals surface area contributed by atoms with E-state index in [9.17, 15) is 27.1 Å². The summed E-state index contributed by atoms with van der Waals surface area (Å²) in [4.78, 5) is 0. The van der Waals surface area contributed by atoms with E-state index < -0.39 is 35.5 Å². The molecular formula is C32H52F5N2O+. The van der Waals surface area contributed by atoms with Crippen molar-refractivity contribution in [3.63, 3.8) is 0 Å². The Balaban J connectivity index is 0.000000985. The van der Waals surface area contributed by atoms with E-state index in [2.05, 4.69) is 13.8 Å². The number of nitrogens with zero attached hydrogens (tertiary/aromatic N) is 1. The van der Waals surface area contributed by atoms with E-state index in [1.165, 1.54) is 12.8 Å². The number of benzene rings is 1. The largest absolute Gasteiger partial charge is 0.507 e. The zero-order chi connectivity index (χ0) is 31.1. The number of quaternary nitrogens is 1. The van der Waals surface area contributed by atoms with Crippen LogP contribution in [-0.2, 0) is 6.18 Å². The number of phenolic OH excluding ortho intramolecular Hbond substituents is 1. The minimum Gasteiger partial charge on any atom is -0.507 e. The average molecular weight is 576 g/mol. The van der Waals surface area contributed by atoms with E-state index in [-0.39, 0.29) is 10.0 Å². The van der Waals surface area contributed by atoms with Crippen molar-refractivity contribution in [1.82, 2.24) is 0 Å². The topological polar surface area (TPSA) is 46.2 Å². The first-order valence-corrected chi connectivity index (χ1v) is 14.5. The predicted molar refractivity (Wildman–Crippen MR) is 157 cm³/mol. The maximum Gasteiger partial charge on any atom is 0.416 e. The van der Waals surface area contributed by atoms with Crippen LogP contribution in [0.5, 0.6) is 5.75 Å². The second-order valence-corrected chi connectivity index (χ2v) is 10.7. The Morgan fingerprint density at radius 3 is 2.30 bits per heavy atom. The Morgan fingerprint density at radius 2 is 1.80 bits per heavy atom. The Morgan fingerprint density at radius 1 is 1.18 bits per heavy atom. The molecule has 1 aromatic rings. The molecule has 230 valence electrons. The lowest BCUT2D eigenvalue weighted by Crippen LogP contribution is -2.49. The van der Waals surface area contributed by atoms with Crippen molar-refractivity contribution in [2.75, 3.05) is 20.1 Å². The van der Waals surface area contributed by atoms with Crippen molar-refractivity contribution in [2.45, 2.75) is 105 Å². The fourth-order valence-electron chi connectivity index (χ4n) is 4.62. The zero-order valence-electron chi connectivity index (χ0n) is 25.7. The fourth-order valence-corrected chi connectivity index (χ4v) is 4.62. The van der Waals surface area contributed by atoms with Gasteiger partial charge in [-0.1, -0.05) is 72.1 Å². The SMILES string of the molecule is C/C(N)=C\C[N+]1(C)CC/C=C\C=C(/C)C1c1c(O)cc(C(F)(F)F)cc1F.CC.CCC(C)CCCC(F)CC. The first kappa shape index (κ1) is 37.6. The van der Waals surface area contributed by atoms with Crippen LogP contribution in [0.2, 0.25) is 0 Å². The predicted octanol–water partition coefficient (Wildman–Crippen LogP) is 9.78. The molecule has 0 aromatic heterocycles. The van der Waals surface area contributed by atoms with E-state index in [0.29, 0.717) is 43.8 Å². The minimum atomic E-state index is -4.73. The summed E-state index contributed by atoms with van der Waals surface area (Å²) < 4.78 is 66.6. The average Bonchev–Trinajstić information content (AvgIpc) is 2.89. The van der Waals surface area contributed by atoms with Crippen LogP contribution in [-0.4, -0.2) is 35.9 Å². The molecule has 3 nitrogen and oxygen atoms in total. The van der Waals surface area contributed by atoms with Crippen LogP contribution in [0.15, 0.2) is 47.7 Å². The number of rotatable bonds is 9. The first-order chi connectivity index (χ1) is 18.7. The lowest BCUT2D eigenvalue weighted by Gasteiger charge is -2.42. The molecule has 8 heteroatoms. The van der Waals surface area contributed by atoms with Gasteiger partial charge >= 0.3 is 6.18 Å². The number of hydrogen-bond donors (Lipinski definition) is 2. The summed E-state index contributed by atoms with van der Waals surface area (Å²) in [5.74, 6) is -0.982. The number of nitrogens with two attached hydrogens (primary N) is 1. The van der Waals surface area contributed by atoms with Crippen molar-refractivity contribution in [3.05, 3.63) is 64.7 Å². The third-order valence-corrected chi connectivity index (χ3v) is 7.25. The second kappa shape index (κ2) is 18.2. The fraction of sp³-hybridized carbons (Fsp3) is 0.625. The van der Waals surface area contributed by atoms with E-state index in [1.807, 2.05) is 46.0 Å². The number of phenols is 1. The van der Waals surface area contributed by atoms with Crippen LogP contribution >= 0.6 is 0 Å². The van der Waals surface area contributed by atoms with Crippen molar-refractivity contribution in [2.24, 2.45) is 11.7 Å². The summed E-state index contributed by atoms with van der Waals surface area (Å²) >= 11 is 0. The van der Waals surface area contributed by atoms with Gasteiger partial charge in [0.2, 0.25) is 0 Å². The molecule has 0 aliphatic carbocycles. The molecule has 2 rings (SSSR count). The van der Waals surface area contributed by atoms with Crippen LogP contribution in [0.3, 0.4) is 0 Å². The quantitative estimate of drug-likeness (QED) is 0.227. The van der Waals surface area contributed by atoms with Gasteiger partial charge in [0.1, 0.15) is 17.6 Å². The molecule has 0 amide bonds. The molecule has 0 saturated heterocycles. The summed E-state index contributed by atoms with van der Waals surface area (Å²) in [6.07, 6.45) is 7.78. The highest BCUT2D eigenvalue weighted by Gasteiger charge is 2.40. The lowest BCUT2D eigenvalue weighted by atomic mass is 9.91. The molecule has 0 radical (unpaired) electrons. The molecule has 1 aromatic carbocycles. The summed E-state index contributed by atoms with van der Waals surface area (Å²) in [7, 11) is 1.89. The summed E-state index contributed by atoms with van der Waals surface area (Å²) in [5, 5.41) is 10.3. The van der Waals surface area contributed by atoms with E-state index in [1.54, 1.807) is 19.9 Å². The number of aromatic hydroxyl groups is 1. The normalized spacial score (nSPS) is 23.2. The molecule has 40 heavy (non-hydrogen) atoms. The maximum absolute atomic E-state index is 14.8. The zero-order valence-corrected chi connectivity index (χ0v) is 25.7. The van der Waals surface area contributed by atoms with E-state index >= 15 is 0 Å². The van der Waals surface area contributed by atoms with Gasteiger partial charge in [-0.05, 0) is 56.4 Å². The molecular weight excluding hydrogens is 523 g/mol. The van der Waals surface area contributed by atoms with E-state index in [4.69, 9.17) is 5.73 Å². The van der Waals surface area contributed by atoms with Gasteiger partial charge < -0.3 is 15.3 Å². The van der Waals surface area contributed by atoms with Crippen LogP contribution in [0.1, 0.15) is 104 Å². The molecule has 0 bridgehead atoms. The van der Waals surface area contributed by atoms with Gasteiger partial charge in [0.15, 0.2) is 0 Å². The number of allylic oxidation sites excluding steroid dienone is 3. The Labute approximate surface area is 239 Å². The smallest absolute Gasteiger partial charge is 0.416 e. The molecule has 4 unspecified atom stereocenters. The maximum atomic E-state index is 14.8. The van der Waals surface area contributed by atoms with Gasteiger partial charge in [-0.3, -0.25) is 0 Å². The number of halogens is 5. The van der Waals surface area contributed by atoms with Crippen molar-refractivity contribution in [1.29, 1.82) is 0 Å². The highest BCUT2D eigenvalue weighted by atomic mass is 19.4. The first-order valence-electron chi connectivity index (χ1n) is 14.5. The highest BCUT2D eigenvalue weighted by molar-refractivity contribution is 5.43. The van der Waals surface area contributed by atoms with Crippen molar-refractivity contribution < 1.29 is 31.5 Å².